The quantitative estimate of drug-likeness (QED) is 0.593. The van der Waals surface area contributed by atoms with E-state index in [0.29, 0.717) is 12.2 Å². The van der Waals surface area contributed by atoms with Crippen molar-refractivity contribution in [2.24, 2.45) is 11.8 Å². The highest BCUT2D eigenvalue weighted by atomic mass is 16.4. The van der Waals surface area contributed by atoms with E-state index in [9.17, 15) is 9.59 Å². The standard InChI is InChI=1S/C12H21N5O3/c1-7(2)4-9(11(18)19)5-13-12(20)16-8(3)10-14-6-15-17-10/h6-9H,4-5H2,1-3H3,(H,18,19)(H2,13,16,20)(H,14,15,17). The van der Waals surface area contributed by atoms with Gasteiger partial charge in [0.05, 0.1) is 12.0 Å². The summed E-state index contributed by atoms with van der Waals surface area (Å²) in [5.74, 6) is -0.685. The summed E-state index contributed by atoms with van der Waals surface area (Å²) in [5.41, 5.74) is 0. The second kappa shape index (κ2) is 7.46. The Morgan fingerprint density at radius 3 is 2.60 bits per heavy atom. The molecule has 1 aromatic rings. The van der Waals surface area contributed by atoms with Crippen molar-refractivity contribution >= 4 is 12.0 Å². The molecule has 2 unspecified atom stereocenters. The van der Waals surface area contributed by atoms with Gasteiger partial charge in [-0.3, -0.25) is 9.89 Å². The molecule has 0 aromatic carbocycles. The van der Waals surface area contributed by atoms with Crippen LogP contribution in [0.3, 0.4) is 0 Å². The summed E-state index contributed by atoms with van der Waals surface area (Å²) < 4.78 is 0. The van der Waals surface area contributed by atoms with Gasteiger partial charge in [0.25, 0.3) is 0 Å². The van der Waals surface area contributed by atoms with Crippen molar-refractivity contribution in [1.82, 2.24) is 25.8 Å². The first-order valence-electron chi connectivity index (χ1n) is 6.52. The van der Waals surface area contributed by atoms with Gasteiger partial charge in [-0.2, -0.15) is 5.10 Å². The lowest BCUT2D eigenvalue weighted by molar-refractivity contribution is -0.142. The lowest BCUT2D eigenvalue weighted by atomic mass is 9.97. The lowest BCUT2D eigenvalue weighted by Gasteiger charge is -2.17. The molecule has 0 aliphatic rings. The highest BCUT2D eigenvalue weighted by molar-refractivity contribution is 5.76. The molecule has 2 amide bonds. The third-order valence-electron chi connectivity index (χ3n) is 2.81. The maximum Gasteiger partial charge on any atom is 0.315 e. The lowest BCUT2D eigenvalue weighted by Crippen LogP contribution is -2.41. The third kappa shape index (κ3) is 5.25. The fourth-order valence-corrected chi connectivity index (χ4v) is 1.80. The van der Waals surface area contributed by atoms with Crippen LogP contribution in [0.15, 0.2) is 6.33 Å². The first-order chi connectivity index (χ1) is 9.40. The number of amides is 2. The van der Waals surface area contributed by atoms with E-state index < -0.39 is 17.9 Å². The first kappa shape index (κ1) is 15.9. The average molecular weight is 283 g/mol. The Hall–Kier alpha value is -2.12. The second-order valence-corrected chi connectivity index (χ2v) is 5.11. The number of H-pyrrole nitrogens is 1. The molecule has 2 atom stereocenters. The van der Waals surface area contributed by atoms with E-state index in [1.54, 1.807) is 6.92 Å². The van der Waals surface area contributed by atoms with Crippen LogP contribution in [0.4, 0.5) is 4.79 Å². The topological polar surface area (TPSA) is 120 Å². The van der Waals surface area contributed by atoms with Gasteiger partial charge >= 0.3 is 12.0 Å². The zero-order valence-electron chi connectivity index (χ0n) is 11.9. The van der Waals surface area contributed by atoms with Crippen LogP contribution in [0.5, 0.6) is 0 Å². The number of hydrogen-bond acceptors (Lipinski definition) is 4. The van der Waals surface area contributed by atoms with Gasteiger partial charge in [-0.25, -0.2) is 9.78 Å². The molecule has 0 aliphatic carbocycles. The van der Waals surface area contributed by atoms with Gasteiger partial charge in [0, 0.05) is 6.54 Å². The van der Waals surface area contributed by atoms with Crippen LogP contribution in [-0.2, 0) is 4.79 Å². The second-order valence-electron chi connectivity index (χ2n) is 5.11. The van der Waals surface area contributed by atoms with Gasteiger partial charge in [-0.05, 0) is 19.3 Å². The number of aliphatic carboxylic acids is 1. The van der Waals surface area contributed by atoms with Crippen LogP contribution >= 0.6 is 0 Å². The van der Waals surface area contributed by atoms with Gasteiger partial charge in [0.1, 0.15) is 12.2 Å². The smallest absolute Gasteiger partial charge is 0.315 e. The van der Waals surface area contributed by atoms with Crippen LogP contribution in [0, 0.1) is 11.8 Å². The summed E-state index contributed by atoms with van der Waals surface area (Å²) in [7, 11) is 0. The molecule has 1 heterocycles. The maximum atomic E-state index is 11.7. The van der Waals surface area contributed by atoms with Crippen LogP contribution in [0.25, 0.3) is 0 Å². The minimum atomic E-state index is -0.901. The monoisotopic (exact) mass is 283 g/mol. The van der Waals surface area contributed by atoms with E-state index in [0.717, 1.165) is 0 Å². The van der Waals surface area contributed by atoms with Crippen LogP contribution < -0.4 is 10.6 Å². The summed E-state index contributed by atoms with van der Waals surface area (Å²) in [6.45, 7) is 5.75. The Morgan fingerprint density at radius 1 is 1.40 bits per heavy atom. The number of carbonyl (C=O) groups is 2. The average Bonchev–Trinajstić information content (AvgIpc) is 2.87. The van der Waals surface area contributed by atoms with Crippen molar-refractivity contribution in [1.29, 1.82) is 0 Å². The number of aromatic amines is 1. The predicted molar refractivity (Wildman–Crippen MR) is 71.9 cm³/mol. The Morgan fingerprint density at radius 2 is 2.10 bits per heavy atom. The van der Waals surface area contributed by atoms with Crippen LogP contribution in [-0.4, -0.2) is 38.8 Å². The van der Waals surface area contributed by atoms with Crippen LogP contribution in [0.1, 0.15) is 39.1 Å². The first-order valence-corrected chi connectivity index (χ1v) is 6.52. The fraction of sp³-hybridized carbons (Fsp3) is 0.667. The molecule has 0 aliphatic heterocycles. The van der Waals surface area contributed by atoms with Gasteiger partial charge in [-0.15, -0.1) is 0 Å². The number of aromatic nitrogens is 3. The number of hydrogen-bond donors (Lipinski definition) is 4. The molecule has 0 saturated heterocycles. The summed E-state index contributed by atoms with van der Waals surface area (Å²) in [6, 6.07) is -0.755. The Bertz CT molecular complexity index is 432. The normalized spacial score (nSPS) is 13.8. The predicted octanol–water partition coefficient (Wildman–Crippen LogP) is 0.912. The fourth-order valence-electron chi connectivity index (χ4n) is 1.80. The third-order valence-corrected chi connectivity index (χ3v) is 2.81. The summed E-state index contributed by atoms with van der Waals surface area (Å²) in [4.78, 5) is 26.7. The van der Waals surface area contributed by atoms with Crippen molar-refractivity contribution in [3.8, 4) is 0 Å². The van der Waals surface area contributed by atoms with E-state index in [-0.39, 0.29) is 18.5 Å². The molecular formula is C12H21N5O3. The zero-order chi connectivity index (χ0) is 15.1. The minimum Gasteiger partial charge on any atom is -0.481 e. The summed E-state index contributed by atoms with van der Waals surface area (Å²) in [5, 5.41) is 20.6. The molecule has 8 nitrogen and oxygen atoms in total. The number of carboxylic acid groups (broad SMARTS) is 1. The molecule has 20 heavy (non-hydrogen) atoms. The SMILES string of the molecule is CC(C)CC(CNC(=O)NC(C)c1ncn[nH]1)C(=O)O. The minimum absolute atomic E-state index is 0.0997. The van der Waals surface area contributed by atoms with Gasteiger partial charge in [0.2, 0.25) is 0 Å². The molecule has 0 bridgehead atoms. The number of carboxylic acids is 1. The molecule has 1 rings (SSSR count). The largest absolute Gasteiger partial charge is 0.481 e. The summed E-state index contributed by atoms with van der Waals surface area (Å²) in [6.07, 6.45) is 1.88. The zero-order valence-corrected chi connectivity index (χ0v) is 11.9. The van der Waals surface area contributed by atoms with Gasteiger partial charge in [0.15, 0.2) is 0 Å². The number of carbonyl (C=O) groups excluding carboxylic acids is 1. The van der Waals surface area contributed by atoms with Gasteiger partial charge < -0.3 is 15.7 Å². The van der Waals surface area contributed by atoms with Crippen LogP contribution in [0.2, 0.25) is 0 Å². The number of nitrogens with zero attached hydrogens (tertiary/aromatic N) is 2. The van der Waals surface area contributed by atoms with E-state index >= 15 is 0 Å². The van der Waals surface area contributed by atoms with E-state index in [4.69, 9.17) is 5.11 Å². The Balaban J connectivity index is 2.39. The molecule has 8 heteroatoms. The van der Waals surface area contributed by atoms with Crippen molar-refractivity contribution in [3.63, 3.8) is 0 Å². The van der Waals surface area contributed by atoms with E-state index in [2.05, 4.69) is 25.8 Å². The molecule has 0 spiro atoms. The molecular weight excluding hydrogens is 262 g/mol. The number of rotatable bonds is 7. The highest BCUT2D eigenvalue weighted by Gasteiger charge is 2.20. The molecule has 1 aromatic heterocycles. The number of urea groups is 1. The Kier molecular flexibility index (Phi) is 5.95. The highest BCUT2D eigenvalue weighted by Crippen LogP contribution is 2.11. The molecule has 0 radical (unpaired) electrons. The van der Waals surface area contributed by atoms with E-state index in [1.165, 1.54) is 6.33 Å². The van der Waals surface area contributed by atoms with Gasteiger partial charge in [-0.1, -0.05) is 13.8 Å². The van der Waals surface area contributed by atoms with Crippen molar-refractivity contribution in [2.75, 3.05) is 6.54 Å². The Labute approximate surface area is 117 Å². The van der Waals surface area contributed by atoms with Crippen molar-refractivity contribution in [2.45, 2.75) is 33.2 Å². The molecule has 112 valence electrons. The van der Waals surface area contributed by atoms with Crippen molar-refractivity contribution in [3.05, 3.63) is 12.2 Å². The number of nitrogens with one attached hydrogen (secondary N) is 3. The molecule has 0 fully saturated rings. The van der Waals surface area contributed by atoms with E-state index in [1.807, 2.05) is 13.8 Å². The molecule has 0 saturated carbocycles. The maximum absolute atomic E-state index is 11.7. The summed E-state index contributed by atoms with van der Waals surface area (Å²) >= 11 is 0. The van der Waals surface area contributed by atoms with Crippen molar-refractivity contribution < 1.29 is 14.7 Å². The molecule has 4 N–H and O–H groups in total.